The minimum absolute atomic E-state index is 0.299. The van der Waals surface area contributed by atoms with Gasteiger partial charge < -0.3 is 0 Å². The first-order chi connectivity index (χ1) is 6.54. The molecule has 0 aliphatic carbocycles. The van der Waals surface area contributed by atoms with Crippen molar-refractivity contribution in [1.82, 2.24) is 0 Å². The quantitative estimate of drug-likeness (QED) is 0.607. The standard InChI is InChI=1S/C11H8F3/c1-2-3-5-9-6-4-7-10(8-9)11(12,13)14/h4,6-8H,1,5H2. The summed E-state index contributed by atoms with van der Waals surface area (Å²) < 4.78 is 36.7. The SMILES string of the molecule is [CH2]C#CCc1cccc(C(F)(F)F)c1. The van der Waals surface area contributed by atoms with Crippen LogP contribution in [-0.2, 0) is 12.6 Å². The topological polar surface area (TPSA) is 0 Å². The van der Waals surface area contributed by atoms with Crippen LogP contribution in [-0.4, -0.2) is 0 Å². The molecule has 0 spiro atoms. The summed E-state index contributed by atoms with van der Waals surface area (Å²) in [7, 11) is 0. The lowest BCUT2D eigenvalue weighted by Crippen LogP contribution is -2.04. The van der Waals surface area contributed by atoms with Gasteiger partial charge in [-0.1, -0.05) is 24.1 Å². The molecule has 1 rings (SSSR count). The van der Waals surface area contributed by atoms with Gasteiger partial charge in [-0.3, -0.25) is 0 Å². The summed E-state index contributed by atoms with van der Waals surface area (Å²) in [6.07, 6.45) is -3.98. The first-order valence-corrected chi connectivity index (χ1v) is 3.95. The zero-order chi connectivity index (χ0) is 10.6. The van der Waals surface area contributed by atoms with Crippen LogP contribution in [0.5, 0.6) is 0 Å². The molecule has 1 radical (unpaired) electrons. The van der Waals surface area contributed by atoms with Crippen LogP contribution in [0.1, 0.15) is 11.1 Å². The van der Waals surface area contributed by atoms with Gasteiger partial charge in [-0.2, -0.15) is 13.2 Å². The minimum Gasteiger partial charge on any atom is -0.166 e. The summed E-state index contributed by atoms with van der Waals surface area (Å²) in [5, 5.41) is 0. The van der Waals surface area contributed by atoms with E-state index in [1.165, 1.54) is 6.07 Å². The predicted octanol–water partition coefficient (Wildman–Crippen LogP) is 3.09. The molecule has 0 amide bonds. The van der Waals surface area contributed by atoms with E-state index in [9.17, 15) is 13.2 Å². The summed E-state index contributed by atoms with van der Waals surface area (Å²) in [5.41, 5.74) is -0.0863. The first kappa shape index (κ1) is 10.6. The number of hydrogen-bond acceptors (Lipinski definition) is 0. The van der Waals surface area contributed by atoms with Crippen LogP contribution in [0.3, 0.4) is 0 Å². The molecule has 0 atom stereocenters. The lowest BCUT2D eigenvalue weighted by atomic mass is 10.1. The van der Waals surface area contributed by atoms with Gasteiger partial charge in [-0.15, -0.1) is 5.92 Å². The molecular formula is C11H8F3. The Balaban J connectivity index is 2.93. The van der Waals surface area contributed by atoms with E-state index in [-0.39, 0.29) is 0 Å². The van der Waals surface area contributed by atoms with Crippen molar-refractivity contribution < 1.29 is 13.2 Å². The molecule has 0 aliphatic heterocycles. The second kappa shape index (κ2) is 4.19. The highest BCUT2D eigenvalue weighted by atomic mass is 19.4. The predicted molar refractivity (Wildman–Crippen MR) is 48.3 cm³/mol. The summed E-state index contributed by atoms with van der Waals surface area (Å²) in [6.45, 7) is 3.29. The molecule has 3 heteroatoms. The highest BCUT2D eigenvalue weighted by Gasteiger charge is 2.30. The third kappa shape index (κ3) is 2.81. The fourth-order valence-electron chi connectivity index (χ4n) is 1.02. The monoisotopic (exact) mass is 197 g/mol. The smallest absolute Gasteiger partial charge is 0.166 e. The van der Waals surface area contributed by atoms with E-state index in [4.69, 9.17) is 0 Å². The van der Waals surface area contributed by atoms with Gasteiger partial charge in [0.05, 0.1) is 5.56 Å². The molecule has 0 aromatic heterocycles. The highest BCUT2D eigenvalue weighted by molar-refractivity contribution is 5.28. The van der Waals surface area contributed by atoms with Crippen molar-refractivity contribution in [3.8, 4) is 11.8 Å². The zero-order valence-corrected chi connectivity index (χ0v) is 7.36. The van der Waals surface area contributed by atoms with Crippen LogP contribution >= 0.6 is 0 Å². The van der Waals surface area contributed by atoms with Crippen LogP contribution in [0.2, 0.25) is 0 Å². The number of alkyl halides is 3. The largest absolute Gasteiger partial charge is 0.416 e. The Hall–Kier alpha value is -1.43. The Bertz CT molecular complexity index is 366. The van der Waals surface area contributed by atoms with E-state index in [0.717, 1.165) is 12.1 Å². The maximum absolute atomic E-state index is 12.2. The van der Waals surface area contributed by atoms with Crippen molar-refractivity contribution in [3.63, 3.8) is 0 Å². The summed E-state index contributed by atoms with van der Waals surface area (Å²) >= 11 is 0. The van der Waals surface area contributed by atoms with Gasteiger partial charge in [0.1, 0.15) is 0 Å². The number of benzene rings is 1. The third-order valence-corrected chi connectivity index (χ3v) is 1.67. The third-order valence-electron chi connectivity index (χ3n) is 1.67. The summed E-state index contributed by atoms with van der Waals surface area (Å²) in [5.74, 6) is 5.01. The Labute approximate surface area is 80.8 Å². The van der Waals surface area contributed by atoms with Gasteiger partial charge in [-0.25, -0.2) is 0 Å². The van der Waals surface area contributed by atoms with Crippen molar-refractivity contribution >= 4 is 0 Å². The van der Waals surface area contributed by atoms with E-state index in [0.29, 0.717) is 12.0 Å². The van der Waals surface area contributed by atoms with E-state index in [2.05, 4.69) is 18.8 Å². The van der Waals surface area contributed by atoms with E-state index >= 15 is 0 Å². The van der Waals surface area contributed by atoms with Gasteiger partial charge in [0, 0.05) is 13.3 Å². The molecule has 0 N–H and O–H groups in total. The van der Waals surface area contributed by atoms with E-state index in [1.807, 2.05) is 0 Å². The molecule has 0 aliphatic rings. The van der Waals surface area contributed by atoms with Crippen LogP contribution in [0, 0.1) is 18.8 Å². The second-order valence-electron chi connectivity index (χ2n) is 2.73. The molecular weight excluding hydrogens is 189 g/mol. The molecule has 0 saturated heterocycles. The van der Waals surface area contributed by atoms with Crippen LogP contribution in [0.15, 0.2) is 24.3 Å². The van der Waals surface area contributed by atoms with Gasteiger partial charge in [-0.05, 0) is 11.6 Å². The second-order valence-corrected chi connectivity index (χ2v) is 2.73. The van der Waals surface area contributed by atoms with Crippen LogP contribution in [0.4, 0.5) is 13.2 Å². The van der Waals surface area contributed by atoms with Gasteiger partial charge in [0.15, 0.2) is 0 Å². The normalized spacial score (nSPS) is 10.6. The molecule has 0 heterocycles. The fourth-order valence-corrected chi connectivity index (χ4v) is 1.02. The number of hydrogen-bond donors (Lipinski definition) is 0. The van der Waals surface area contributed by atoms with Gasteiger partial charge >= 0.3 is 6.18 Å². The fraction of sp³-hybridized carbons (Fsp3) is 0.182. The maximum atomic E-state index is 12.2. The highest BCUT2D eigenvalue weighted by Crippen LogP contribution is 2.29. The Morgan fingerprint density at radius 2 is 2.00 bits per heavy atom. The van der Waals surface area contributed by atoms with Crippen LogP contribution < -0.4 is 0 Å². The lowest BCUT2D eigenvalue weighted by Gasteiger charge is -2.06. The van der Waals surface area contributed by atoms with Crippen molar-refractivity contribution in [2.24, 2.45) is 0 Å². The molecule has 0 nitrogen and oxygen atoms in total. The molecule has 0 fully saturated rings. The Kier molecular flexibility index (Phi) is 3.19. The van der Waals surface area contributed by atoms with E-state index in [1.54, 1.807) is 6.07 Å². The maximum Gasteiger partial charge on any atom is 0.416 e. The number of rotatable bonds is 1. The Morgan fingerprint density at radius 3 is 2.57 bits per heavy atom. The zero-order valence-electron chi connectivity index (χ0n) is 7.36. The lowest BCUT2D eigenvalue weighted by molar-refractivity contribution is -0.137. The summed E-state index contributed by atoms with van der Waals surface area (Å²) in [6, 6.07) is 5.13. The average molecular weight is 197 g/mol. The molecule has 14 heavy (non-hydrogen) atoms. The number of halogens is 3. The van der Waals surface area contributed by atoms with Crippen molar-refractivity contribution in [1.29, 1.82) is 0 Å². The van der Waals surface area contributed by atoms with Crippen molar-refractivity contribution in [2.75, 3.05) is 0 Å². The van der Waals surface area contributed by atoms with Crippen molar-refractivity contribution in [2.45, 2.75) is 12.6 Å². The molecule has 0 unspecified atom stereocenters. The summed E-state index contributed by atoms with van der Waals surface area (Å²) in [4.78, 5) is 0. The molecule has 73 valence electrons. The molecule has 0 saturated carbocycles. The average Bonchev–Trinajstić information content (AvgIpc) is 2.14. The van der Waals surface area contributed by atoms with Gasteiger partial charge in [0.25, 0.3) is 0 Å². The first-order valence-electron chi connectivity index (χ1n) is 3.95. The minimum atomic E-state index is -4.28. The Morgan fingerprint density at radius 1 is 1.29 bits per heavy atom. The molecule has 1 aromatic carbocycles. The van der Waals surface area contributed by atoms with Gasteiger partial charge in [0.2, 0.25) is 0 Å². The molecule has 0 bridgehead atoms. The van der Waals surface area contributed by atoms with Crippen molar-refractivity contribution in [3.05, 3.63) is 42.3 Å². The van der Waals surface area contributed by atoms with E-state index < -0.39 is 11.7 Å². The van der Waals surface area contributed by atoms with Crippen LogP contribution in [0.25, 0.3) is 0 Å². The molecule has 1 aromatic rings.